The number of nitrogens with one attached hydrogen (secondary N) is 2. The molecular weight excluding hydrogens is 624 g/mol. The maximum absolute atomic E-state index is 13.8. The maximum Gasteiger partial charge on any atom is 0.227 e. The molecule has 0 fully saturated rings. The first-order valence-electron chi connectivity index (χ1n) is 17.0. The van der Waals surface area contributed by atoms with Crippen LogP contribution >= 0.6 is 0 Å². The SMILES string of the molecule is CNCCOCC(O)n1nnc2c1-c1ccccc1CN(C(=O)CCC(=O)NCCC(C)(C)OCC(C)(C)C(=O)C(C)C)c1ccccc1-2. The number of likely N-dealkylation sites (N-methyl/N-ethyl adjacent to an activating group) is 1. The number of aliphatic hydroxyl groups is 1. The summed E-state index contributed by atoms with van der Waals surface area (Å²) >= 11 is 0. The average molecular weight is 677 g/mol. The summed E-state index contributed by atoms with van der Waals surface area (Å²) in [7, 11) is 1.83. The number of hydrogen-bond donors (Lipinski definition) is 3. The number of carbonyl (C=O) groups is 3. The molecule has 2 amide bonds. The first kappa shape index (κ1) is 37.8. The summed E-state index contributed by atoms with van der Waals surface area (Å²) in [6, 6.07) is 15.2. The van der Waals surface area contributed by atoms with Crippen molar-refractivity contribution in [2.45, 2.75) is 79.2 Å². The Balaban J connectivity index is 1.44. The highest BCUT2D eigenvalue weighted by atomic mass is 16.5. The number of ether oxygens (including phenoxy) is 2. The normalized spacial score (nSPS) is 13.6. The third-order valence-corrected chi connectivity index (χ3v) is 8.72. The lowest BCUT2D eigenvalue weighted by atomic mass is 9.83. The van der Waals surface area contributed by atoms with Crippen molar-refractivity contribution in [2.24, 2.45) is 11.3 Å². The fourth-order valence-electron chi connectivity index (χ4n) is 5.89. The largest absolute Gasteiger partial charge is 0.375 e. The Morgan fingerprint density at radius 1 is 0.980 bits per heavy atom. The third-order valence-electron chi connectivity index (χ3n) is 8.72. The predicted octanol–water partition coefficient (Wildman–Crippen LogP) is 4.52. The summed E-state index contributed by atoms with van der Waals surface area (Å²) in [4.78, 5) is 41.0. The number of aliphatic hydroxyl groups excluding tert-OH is 1. The van der Waals surface area contributed by atoms with Crippen LogP contribution in [0.4, 0.5) is 5.69 Å². The second-order valence-corrected chi connectivity index (χ2v) is 14.1. The number of carbonyl (C=O) groups excluding carboxylic acids is 3. The standard InChI is InChI=1S/C37H52N6O6/c1-25(2)35(47)36(3,4)24-49-37(5,6)18-19-39-30(44)16-17-31(45)42-22-26-12-8-9-13-27(26)34-33(28-14-10-11-15-29(28)42)40-41-43(34)32(46)23-48-21-20-38-7/h8-15,25,32,38,46H,16-24H2,1-7H3,(H,39,44). The highest BCUT2D eigenvalue weighted by molar-refractivity contribution is 6.01. The molecule has 1 atom stereocenters. The van der Waals surface area contributed by atoms with E-state index in [1.165, 1.54) is 4.68 Å². The summed E-state index contributed by atoms with van der Waals surface area (Å²) in [5, 5.41) is 25.8. The van der Waals surface area contributed by atoms with Crippen molar-refractivity contribution in [3.8, 4) is 22.5 Å². The van der Waals surface area contributed by atoms with Gasteiger partial charge in [0.1, 0.15) is 17.2 Å². The molecular formula is C37H52N6O6. The van der Waals surface area contributed by atoms with Crippen LogP contribution in [0.3, 0.4) is 0 Å². The minimum absolute atomic E-state index is 0.00987. The Morgan fingerprint density at radius 2 is 1.67 bits per heavy atom. The number of anilines is 1. The summed E-state index contributed by atoms with van der Waals surface area (Å²) in [6.07, 6.45) is -0.482. The van der Waals surface area contributed by atoms with Gasteiger partial charge in [-0.25, -0.2) is 4.68 Å². The molecule has 12 heteroatoms. The van der Waals surface area contributed by atoms with Crippen molar-refractivity contribution in [3.63, 3.8) is 0 Å². The molecule has 3 aromatic rings. The van der Waals surface area contributed by atoms with Gasteiger partial charge >= 0.3 is 0 Å². The summed E-state index contributed by atoms with van der Waals surface area (Å²) in [5.41, 5.74) is 3.02. The molecule has 1 aromatic heterocycles. The Kier molecular flexibility index (Phi) is 12.8. The molecule has 12 nitrogen and oxygen atoms in total. The Labute approximate surface area is 289 Å². The zero-order chi connectivity index (χ0) is 35.8. The minimum Gasteiger partial charge on any atom is -0.375 e. The second-order valence-electron chi connectivity index (χ2n) is 14.1. The van der Waals surface area contributed by atoms with E-state index in [1.54, 1.807) is 4.90 Å². The molecule has 49 heavy (non-hydrogen) atoms. The Hall–Kier alpha value is -3.97. The number of aromatic nitrogens is 3. The van der Waals surface area contributed by atoms with E-state index in [4.69, 9.17) is 9.47 Å². The lowest BCUT2D eigenvalue weighted by Gasteiger charge is -2.32. The highest BCUT2D eigenvalue weighted by Crippen LogP contribution is 2.41. The van der Waals surface area contributed by atoms with Gasteiger partial charge in [-0.05, 0) is 38.9 Å². The first-order chi connectivity index (χ1) is 23.3. The van der Waals surface area contributed by atoms with Gasteiger partial charge in [-0.1, -0.05) is 75.4 Å². The van der Waals surface area contributed by atoms with Gasteiger partial charge in [-0.2, -0.15) is 0 Å². The van der Waals surface area contributed by atoms with Crippen molar-refractivity contribution < 1.29 is 29.0 Å². The molecule has 1 aliphatic rings. The lowest BCUT2D eigenvalue weighted by molar-refractivity contribution is -0.138. The van der Waals surface area contributed by atoms with Gasteiger partial charge in [0.15, 0.2) is 6.23 Å². The first-order valence-corrected chi connectivity index (χ1v) is 17.0. The monoisotopic (exact) mass is 676 g/mol. The van der Waals surface area contributed by atoms with Crippen LogP contribution < -0.4 is 15.5 Å². The summed E-state index contributed by atoms with van der Waals surface area (Å²) in [6.45, 7) is 13.5. The van der Waals surface area contributed by atoms with Gasteiger partial charge in [0.05, 0.1) is 37.7 Å². The molecule has 1 aliphatic heterocycles. The number of benzene rings is 2. The van der Waals surface area contributed by atoms with Crippen LogP contribution in [0.5, 0.6) is 0 Å². The topological polar surface area (TPSA) is 148 Å². The Morgan fingerprint density at radius 3 is 2.39 bits per heavy atom. The molecule has 0 aliphatic carbocycles. The zero-order valence-corrected chi connectivity index (χ0v) is 29.9. The van der Waals surface area contributed by atoms with E-state index in [0.717, 1.165) is 11.1 Å². The van der Waals surface area contributed by atoms with E-state index in [2.05, 4.69) is 20.9 Å². The minimum atomic E-state index is -1.07. The van der Waals surface area contributed by atoms with Crippen molar-refractivity contribution in [1.82, 2.24) is 25.6 Å². The van der Waals surface area contributed by atoms with Crippen molar-refractivity contribution >= 4 is 23.3 Å². The molecule has 0 bridgehead atoms. The van der Waals surface area contributed by atoms with Crippen LogP contribution in [-0.4, -0.2) is 83.3 Å². The Bertz CT molecular complexity index is 1600. The number of amides is 2. The van der Waals surface area contributed by atoms with Gasteiger partial charge < -0.3 is 30.1 Å². The van der Waals surface area contributed by atoms with Crippen LogP contribution in [0.2, 0.25) is 0 Å². The van der Waals surface area contributed by atoms with E-state index < -0.39 is 17.2 Å². The quantitative estimate of drug-likeness (QED) is 0.176. The van der Waals surface area contributed by atoms with E-state index in [1.807, 2.05) is 97.1 Å². The molecule has 0 saturated heterocycles. The van der Waals surface area contributed by atoms with E-state index in [9.17, 15) is 19.5 Å². The lowest BCUT2D eigenvalue weighted by Crippen LogP contribution is -2.39. The highest BCUT2D eigenvalue weighted by Gasteiger charge is 2.33. The van der Waals surface area contributed by atoms with Gasteiger partial charge in [0.25, 0.3) is 0 Å². The van der Waals surface area contributed by atoms with Crippen LogP contribution in [-0.2, 0) is 30.4 Å². The van der Waals surface area contributed by atoms with Crippen molar-refractivity contribution in [2.75, 3.05) is 44.9 Å². The summed E-state index contributed by atoms with van der Waals surface area (Å²) in [5.74, 6) is -0.348. The van der Waals surface area contributed by atoms with Crippen molar-refractivity contribution in [3.05, 3.63) is 54.1 Å². The van der Waals surface area contributed by atoms with Gasteiger partial charge in [-0.3, -0.25) is 14.4 Å². The number of ketones is 1. The van der Waals surface area contributed by atoms with Crippen LogP contribution in [0.1, 0.15) is 72.6 Å². The molecule has 3 N–H and O–H groups in total. The van der Waals surface area contributed by atoms with Crippen LogP contribution in [0, 0.1) is 11.3 Å². The smallest absolute Gasteiger partial charge is 0.227 e. The molecule has 4 rings (SSSR count). The number of para-hydroxylation sites is 1. The molecule has 266 valence electrons. The second kappa shape index (κ2) is 16.6. The van der Waals surface area contributed by atoms with Crippen LogP contribution in [0.25, 0.3) is 22.5 Å². The summed E-state index contributed by atoms with van der Waals surface area (Å²) < 4.78 is 13.2. The molecule has 0 radical (unpaired) electrons. The van der Waals surface area contributed by atoms with Gasteiger partial charge in [0, 0.05) is 48.4 Å². The molecule has 0 saturated carbocycles. The van der Waals surface area contributed by atoms with E-state index in [0.29, 0.717) is 55.4 Å². The number of nitrogens with zero attached hydrogens (tertiary/aromatic N) is 4. The van der Waals surface area contributed by atoms with Gasteiger partial charge in [0.2, 0.25) is 11.8 Å². The molecule has 2 heterocycles. The molecule has 1 unspecified atom stereocenters. The van der Waals surface area contributed by atoms with Crippen molar-refractivity contribution in [1.29, 1.82) is 0 Å². The van der Waals surface area contributed by atoms with Crippen LogP contribution in [0.15, 0.2) is 48.5 Å². The predicted molar refractivity (Wildman–Crippen MR) is 189 cm³/mol. The zero-order valence-electron chi connectivity index (χ0n) is 29.9. The van der Waals surface area contributed by atoms with E-state index >= 15 is 0 Å². The fraction of sp³-hybridized carbons (Fsp3) is 0.541. The fourth-order valence-corrected chi connectivity index (χ4v) is 5.89. The number of hydrogen-bond acceptors (Lipinski definition) is 9. The molecule has 0 spiro atoms. The molecule has 2 aromatic carbocycles. The van der Waals surface area contributed by atoms with Gasteiger partial charge in [-0.15, -0.1) is 5.10 Å². The number of Topliss-reactive ketones (excluding diaryl/α,β-unsaturated/α-hetero) is 1. The maximum atomic E-state index is 13.8. The number of fused-ring (bicyclic) bond motifs is 5. The number of rotatable bonds is 17. The average Bonchev–Trinajstić information content (AvgIpc) is 3.51. The third kappa shape index (κ3) is 9.60. The van der Waals surface area contributed by atoms with E-state index in [-0.39, 0.29) is 49.5 Å².